The third kappa shape index (κ3) is 2.86. The molecule has 0 bridgehead atoms. The molecule has 1 amide bonds. The summed E-state index contributed by atoms with van der Waals surface area (Å²) in [6.45, 7) is 0.315. The van der Waals surface area contributed by atoms with Gasteiger partial charge in [-0.1, -0.05) is 47.5 Å². The third-order valence-corrected chi connectivity index (χ3v) is 3.73. The van der Waals surface area contributed by atoms with Crippen LogP contribution in [-0.4, -0.2) is 16.1 Å². The van der Waals surface area contributed by atoms with Crippen molar-refractivity contribution < 1.29 is 4.79 Å². The number of nitrogens with one attached hydrogen (secondary N) is 2. The van der Waals surface area contributed by atoms with Gasteiger partial charge in [0.15, 0.2) is 5.69 Å². The molecule has 6 heteroatoms. The van der Waals surface area contributed by atoms with Gasteiger partial charge in [0.25, 0.3) is 5.91 Å². The number of aromatic nitrogens is 2. The molecule has 0 saturated carbocycles. The Morgan fingerprint density at radius 2 is 2.00 bits per heavy atom. The molecule has 1 heterocycles. The molecule has 3 aromatic rings. The van der Waals surface area contributed by atoms with Gasteiger partial charge in [-0.05, 0) is 23.8 Å². The van der Waals surface area contributed by atoms with E-state index in [1.807, 2.05) is 24.3 Å². The molecule has 0 aliphatic rings. The number of aromatic amines is 1. The summed E-state index contributed by atoms with van der Waals surface area (Å²) in [4.78, 5) is 12.2. The van der Waals surface area contributed by atoms with Crippen molar-refractivity contribution in [2.24, 2.45) is 0 Å². The number of hydrogen-bond donors (Lipinski definition) is 2. The molecule has 106 valence electrons. The van der Waals surface area contributed by atoms with Crippen molar-refractivity contribution in [2.75, 3.05) is 0 Å². The monoisotopic (exact) mass is 319 g/mol. The fourth-order valence-electron chi connectivity index (χ4n) is 2.06. The number of nitrogens with zero attached hydrogens (tertiary/aromatic N) is 1. The first-order chi connectivity index (χ1) is 10.1. The summed E-state index contributed by atoms with van der Waals surface area (Å²) < 4.78 is 0. The molecule has 3 rings (SSSR count). The van der Waals surface area contributed by atoms with E-state index in [0.717, 1.165) is 16.5 Å². The number of benzene rings is 2. The van der Waals surface area contributed by atoms with Crippen LogP contribution >= 0.6 is 23.2 Å². The SMILES string of the molecule is O=C(NCc1ccc(Cl)cc1Cl)c1n[nH]c2ccccc12. The summed E-state index contributed by atoms with van der Waals surface area (Å²) in [5.41, 5.74) is 2.00. The fraction of sp³-hybridized carbons (Fsp3) is 0.0667. The van der Waals surface area contributed by atoms with Crippen LogP contribution in [0, 0.1) is 0 Å². The Morgan fingerprint density at radius 1 is 1.19 bits per heavy atom. The Balaban J connectivity index is 1.77. The maximum atomic E-state index is 12.2. The molecular weight excluding hydrogens is 309 g/mol. The van der Waals surface area contributed by atoms with E-state index in [2.05, 4.69) is 15.5 Å². The minimum atomic E-state index is -0.251. The maximum absolute atomic E-state index is 12.2. The molecule has 0 saturated heterocycles. The highest BCUT2D eigenvalue weighted by molar-refractivity contribution is 6.35. The molecule has 4 nitrogen and oxygen atoms in total. The molecular formula is C15H11Cl2N3O. The number of para-hydroxylation sites is 1. The van der Waals surface area contributed by atoms with Gasteiger partial charge < -0.3 is 5.32 Å². The molecule has 0 fully saturated rings. The van der Waals surface area contributed by atoms with Crippen molar-refractivity contribution in [3.63, 3.8) is 0 Å². The largest absolute Gasteiger partial charge is 0.346 e. The van der Waals surface area contributed by atoms with Gasteiger partial charge in [0.2, 0.25) is 0 Å². The number of rotatable bonds is 3. The Labute approximate surface area is 131 Å². The summed E-state index contributed by atoms with van der Waals surface area (Å²) in [5.74, 6) is -0.251. The minimum absolute atomic E-state index is 0.251. The standard InChI is InChI=1S/C15H11Cl2N3O/c16-10-6-5-9(12(17)7-10)8-18-15(21)14-11-3-1-2-4-13(11)19-20-14/h1-7H,8H2,(H,18,21)(H,19,20). The van der Waals surface area contributed by atoms with Crippen LogP contribution in [0.2, 0.25) is 10.0 Å². The highest BCUT2D eigenvalue weighted by Gasteiger charge is 2.13. The minimum Gasteiger partial charge on any atom is -0.346 e. The second kappa shape index (κ2) is 5.76. The highest BCUT2D eigenvalue weighted by atomic mass is 35.5. The Morgan fingerprint density at radius 3 is 2.81 bits per heavy atom. The van der Waals surface area contributed by atoms with Gasteiger partial charge >= 0.3 is 0 Å². The number of fused-ring (bicyclic) bond motifs is 1. The second-order valence-corrected chi connectivity index (χ2v) is 5.38. The lowest BCUT2D eigenvalue weighted by molar-refractivity contribution is 0.0947. The maximum Gasteiger partial charge on any atom is 0.272 e. The number of carbonyl (C=O) groups is 1. The van der Waals surface area contributed by atoms with Crippen LogP contribution in [0.1, 0.15) is 16.1 Å². The number of halogens is 2. The number of amides is 1. The molecule has 0 unspecified atom stereocenters. The smallest absolute Gasteiger partial charge is 0.272 e. The van der Waals surface area contributed by atoms with Gasteiger partial charge in [-0.25, -0.2) is 0 Å². The average Bonchev–Trinajstić information content (AvgIpc) is 2.90. The summed E-state index contributed by atoms with van der Waals surface area (Å²) in [6.07, 6.45) is 0. The summed E-state index contributed by atoms with van der Waals surface area (Å²) in [7, 11) is 0. The van der Waals surface area contributed by atoms with Crippen LogP contribution in [0.3, 0.4) is 0 Å². The zero-order valence-electron chi connectivity index (χ0n) is 10.9. The quantitative estimate of drug-likeness (QED) is 0.771. The van der Waals surface area contributed by atoms with Crippen molar-refractivity contribution in [3.05, 3.63) is 63.8 Å². The van der Waals surface area contributed by atoms with E-state index in [1.165, 1.54) is 0 Å². The van der Waals surface area contributed by atoms with Crippen LogP contribution in [-0.2, 0) is 6.54 Å². The van der Waals surface area contributed by atoms with Crippen LogP contribution in [0.4, 0.5) is 0 Å². The van der Waals surface area contributed by atoms with Crippen LogP contribution in [0.15, 0.2) is 42.5 Å². The average molecular weight is 320 g/mol. The highest BCUT2D eigenvalue weighted by Crippen LogP contribution is 2.21. The van der Waals surface area contributed by atoms with E-state index in [9.17, 15) is 4.79 Å². The second-order valence-electron chi connectivity index (χ2n) is 4.54. The molecule has 0 spiro atoms. The molecule has 0 radical (unpaired) electrons. The fourth-order valence-corrected chi connectivity index (χ4v) is 2.54. The van der Waals surface area contributed by atoms with E-state index in [-0.39, 0.29) is 5.91 Å². The Hall–Kier alpha value is -2.04. The van der Waals surface area contributed by atoms with Crippen molar-refractivity contribution >= 4 is 40.0 Å². The van der Waals surface area contributed by atoms with Gasteiger partial charge in [-0.15, -0.1) is 0 Å². The number of hydrogen-bond acceptors (Lipinski definition) is 2. The summed E-state index contributed by atoms with van der Waals surface area (Å²) >= 11 is 11.9. The lowest BCUT2D eigenvalue weighted by Crippen LogP contribution is -2.23. The number of carbonyl (C=O) groups excluding carboxylic acids is 1. The van der Waals surface area contributed by atoms with E-state index < -0.39 is 0 Å². The van der Waals surface area contributed by atoms with Crippen LogP contribution < -0.4 is 5.32 Å². The number of H-pyrrole nitrogens is 1. The molecule has 0 aliphatic carbocycles. The topological polar surface area (TPSA) is 57.8 Å². The zero-order valence-corrected chi connectivity index (χ0v) is 12.4. The van der Waals surface area contributed by atoms with Crippen molar-refractivity contribution in [3.8, 4) is 0 Å². The third-order valence-electron chi connectivity index (χ3n) is 3.14. The predicted molar refractivity (Wildman–Crippen MR) is 83.7 cm³/mol. The first kappa shape index (κ1) is 13.9. The van der Waals surface area contributed by atoms with E-state index >= 15 is 0 Å². The molecule has 21 heavy (non-hydrogen) atoms. The molecule has 2 N–H and O–H groups in total. The normalized spacial score (nSPS) is 10.8. The van der Waals surface area contributed by atoms with E-state index in [0.29, 0.717) is 22.3 Å². The van der Waals surface area contributed by atoms with Crippen LogP contribution in [0.5, 0.6) is 0 Å². The predicted octanol–water partition coefficient (Wildman–Crippen LogP) is 3.80. The van der Waals surface area contributed by atoms with Crippen LogP contribution in [0.25, 0.3) is 10.9 Å². The van der Waals surface area contributed by atoms with Gasteiger partial charge in [-0.3, -0.25) is 9.89 Å². The lowest BCUT2D eigenvalue weighted by Gasteiger charge is -2.06. The lowest BCUT2D eigenvalue weighted by atomic mass is 10.2. The summed E-state index contributed by atoms with van der Waals surface area (Å²) in [5, 5.41) is 11.6. The first-order valence-electron chi connectivity index (χ1n) is 6.30. The van der Waals surface area contributed by atoms with Crippen molar-refractivity contribution in [2.45, 2.75) is 6.54 Å². The Bertz CT molecular complexity index is 814. The van der Waals surface area contributed by atoms with Gasteiger partial charge in [0.1, 0.15) is 0 Å². The first-order valence-corrected chi connectivity index (χ1v) is 7.06. The van der Waals surface area contributed by atoms with Gasteiger partial charge in [-0.2, -0.15) is 5.10 Å². The molecule has 0 aliphatic heterocycles. The van der Waals surface area contributed by atoms with Crippen molar-refractivity contribution in [1.82, 2.24) is 15.5 Å². The van der Waals surface area contributed by atoms with E-state index in [1.54, 1.807) is 18.2 Å². The van der Waals surface area contributed by atoms with Crippen molar-refractivity contribution in [1.29, 1.82) is 0 Å². The molecule has 1 aromatic heterocycles. The van der Waals surface area contributed by atoms with Gasteiger partial charge in [0.05, 0.1) is 5.52 Å². The molecule has 2 aromatic carbocycles. The Kier molecular flexibility index (Phi) is 3.82. The zero-order chi connectivity index (χ0) is 14.8. The van der Waals surface area contributed by atoms with E-state index in [4.69, 9.17) is 23.2 Å². The molecule has 0 atom stereocenters. The van der Waals surface area contributed by atoms with Gasteiger partial charge in [0, 0.05) is 22.0 Å². The summed E-state index contributed by atoms with van der Waals surface area (Å²) in [6, 6.07) is 12.6.